The molecule has 1 saturated heterocycles. The largest absolute Gasteiger partial charge is 0.326 e. The molecule has 2 N–H and O–H groups in total. The molecule has 4 heteroatoms. The second-order valence-electron chi connectivity index (χ2n) is 6.10. The van der Waals surface area contributed by atoms with E-state index in [1.165, 1.54) is 12.5 Å². The van der Waals surface area contributed by atoms with E-state index < -0.39 is 0 Å². The van der Waals surface area contributed by atoms with Crippen LogP contribution in [0.3, 0.4) is 0 Å². The number of aryl methyl sites for hydroxylation is 1. The molecule has 3 nitrogen and oxygen atoms in total. The maximum absolute atomic E-state index is 13.2. The lowest BCUT2D eigenvalue weighted by Crippen LogP contribution is -2.51. The lowest BCUT2D eigenvalue weighted by molar-refractivity contribution is 0.195. The number of nitrogens with two attached hydrogens (primary N) is 1. The lowest BCUT2D eigenvalue weighted by Gasteiger charge is -2.32. The van der Waals surface area contributed by atoms with Gasteiger partial charge in [-0.15, -0.1) is 0 Å². The zero-order valence-corrected chi connectivity index (χ0v) is 12.8. The van der Waals surface area contributed by atoms with E-state index in [1.807, 2.05) is 13.0 Å². The van der Waals surface area contributed by atoms with Crippen molar-refractivity contribution in [2.75, 3.05) is 33.7 Å². The summed E-state index contributed by atoms with van der Waals surface area (Å²) in [6, 6.07) is 5.41. The highest BCUT2D eigenvalue weighted by Gasteiger charge is 2.26. The molecule has 1 aliphatic rings. The first-order valence-corrected chi connectivity index (χ1v) is 7.37. The fourth-order valence-electron chi connectivity index (χ4n) is 3.05. The Hall–Kier alpha value is -0.970. The van der Waals surface area contributed by atoms with Crippen LogP contribution in [0.2, 0.25) is 0 Å². The number of likely N-dealkylation sites (N-methyl/N-ethyl adjacent to an activating group) is 2. The number of nitrogens with zero attached hydrogens (tertiary/aromatic N) is 2. The molecular formula is C16H26FN3. The standard InChI is InChI=1S/C16H26FN3/c1-12-9-14(17)6-5-13(12)10-15(18)16-11-19(2)7-4-8-20(16)3/h5-6,9,15-16H,4,7-8,10-11,18H2,1-3H3. The van der Waals surface area contributed by atoms with Crippen molar-refractivity contribution in [3.8, 4) is 0 Å². The Morgan fingerprint density at radius 3 is 2.80 bits per heavy atom. The Bertz CT molecular complexity index is 449. The SMILES string of the molecule is Cc1cc(F)ccc1CC(N)C1CN(C)CCCN1C. The molecule has 0 radical (unpaired) electrons. The van der Waals surface area contributed by atoms with Crippen molar-refractivity contribution in [3.63, 3.8) is 0 Å². The van der Waals surface area contributed by atoms with Crippen LogP contribution in [-0.4, -0.2) is 55.6 Å². The third kappa shape index (κ3) is 3.78. The van der Waals surface area contributed by atoms with Gasteiger partial charge in [0, 0.05) is 18.6 Å². The molecular weight excluding hydrogens is 253 g/mol. The summed E-state index contributed by atoms with van der Waals surface area (Å²) in [4.78, 5) is 4.72. The summed E-state index contributed by atoms with van der Waals surface area (Å²) in [5.74, 6) is -0.175. The number of hydrogen-bond acceptors (Lipinski definition) is 3. The van der Waals surface area contributed by atoms with E-state index in [0.29, 0.717) is 6.04 Å². The average molecular weight is 279 g/mol. The molecule has 112 valence electrons. The van der Waals surface area contributed by atoms with Gasteiger partial charge in [0.25, 0.3) is 0 Å². The highest BCUT2D eigenvalue weighted by molar-refractivity contribution is 5.27. The Morgan fingerprint density at radius 2 is 2.10 bits per heavy atom. The Morgan fingerprint density at radius 1 is 1.35 bits per heavy atom. The maximum atomic E-state index is 13.2. The zero-order valence-electron chi connectivity index (χ0n) is 12.8. The van der Waals surface area contributed by atoms with Gasteiger partial charge in [-0.05, 0) is 70.2 Å². The minimum Gasteiger partial charge on any atom is -0.326 e. The van der Waals surface area contributed by atoms with Crippen LogP contribution in [0.4, 0.5) is 4.39 Å². The first-order valence-electron chi connectivity index (χ1n) is 7.37. The van der Waals surface area contributed by atoms with E-state index in [-0.39, 0.29) is 11.9 Å². The van der Waals surface area contributed by atoms with Gasteiger partial charge in [-0.25, -0.2) is 4.39 Å². The first-order chi connectivity index (χ1) is 9.47. The van der Waals surface area contributed by atoms with Crippen molar-refractivity contribution in [2.45, 2.75) is 31.8 Å². The van der Waals surface area contributed by atoms with Gasteiger partial charge in [-0.3, -0.25) is 0 Å². The van der Waals surface area contributed by atoms with E-state index in [1.54, 1.807) is 6.07 Å². The van der Waals surface area contributed by atoms with Crippen LogP contribution in [0.5, 0.6) is 0 Å². The van der Waals surface area contributed by atoms with Crippen LogP contribution in [0.15, 0.2) is 18.2 Å². The van der Waals surface area contributed by atoms with Crippen LogP contribution in [0.1, 0.15) is 17.5 Å². The molecule has 20 heavy (non-hydrogen) atoms. The molecule has 1 aromatic carbocycles. The minimum atomic E-state index is -0.175. The Labute approximate surface area is 121 Å². The first kappa shape index (κ1) is 15.4. The van der Waals surface area contributed by atoms with Crippen molar-refractivity contribution in [1.29, 1.82) is 0 Å². The topological polar surface area (TPSA) is 32.5 Å². The molecule has 0 aliphatic carbocycles. The quantitative estimate of drug-likeness (QED) is 0.913. The number of rotatable bonds is 3. The van der Waals surface area contributed by atoms with Gasteiger partial charge in [0.1, 0.15) is 5.82 Å². The predicted molar refractivity (Wildman–Crippen MR) is 81.3 cm³/mol. The summed E-state index contributed by atoms with van der Waals surface area (Å²) in [5.41, 5.74) is 8.59. The van der Waals surface area contributed by atoms with Crippen molar-refractivity contribution in [2.24, 2.45) is 5.73 Å². The third-order valence-electron chi connectivity index (χ3n) is 4.37. The summed E-state index contributed by atoms with van der Waals surface area (Å²) in [6.07, 6.45) is 1.99. The molecule has 2 rings (SSSR count). The molecule has 0 saturated carbocycles. The lowest BCUT2D eigenvalue weighted by atomic mass is 9.96. The second kappa shape index (κ2) is 6.66. The molecule has 0 bridgehead atoms. The molecule has 1 heterocycles. The summed E-state index contributed by atoms with van der Waals surface area (Å²) in [6.45, 7) is 5.17. The second-order valence-corrected chi connectivity index (χ2v) is 6.10. The fraction of sp³-hybridized carbons (Fsp3) is 0.625. The molecule has 0 spiro atoms. The van der Waals surface area contributed by atoms with Crippen molar-refractivity contribution < 1.29 is 4.39 Å². The van der Waals surface area contributed by atoms with E-state index in [4.69, 9.17) is 5.73 Å². The summed E-state index contributed by atoms with van der Waals surface area (Å²) < 4.78 is 13.2. The van der Waals surface area contributed by atoms with E-state index in [2.05, 4.69) is 23.9 Å². The van der Waals surface area contributed by atoms with Crippen LogP contribution in [0.25, 0.3) is 0 Å². The average Bonchev–Trinajstić information content (AvgIpc) is 2.54. The van der Waals surface area contributed by atoms with Gasteiger partial charge in [-0.2, -0.15) is 0 Å². The number of hydrogen-bond donors (Lipinski definition) is 1. The Balaban J connectivity index is 2.07. The van der Waals surface area contributed by atoms with E-state index in [0.717, 1.165) is 37.2 Å². The van der Waals surface area contributed by atoms with Crippen LogP contribution >= 0.6 is 0 Å². The van der Waals surface area contributed by atoms with Gasteiger partial charge >= 0.3 is 0 Å². The number of benzene rings is 1. The summed E-state index contributed by atoms with van der Waals surface area (Å²) in [5, 5.41) is 0. The highest BCUT2D eigenvalue weighted by Crippen LogP contribution is 2.16. The van der Waals surface area contributed by atoms with Crippen LogP contribution in [0, 0.1) is 12.7 Å². The summed E-state index contributed by atoms with van der Waals surface area (Å²) in [7, 11) is 4.31. The smallest absolute Gasteiger partial charge is 0.123 e. The van der Waals surface area contributed by atoms with Gasteiger partial charge in [-0.1, -0.05) is 6.07 Å². The van der Waals surface area contributed by atoms with Gasteiger partial charge in [0.05, 0.1) is 0 Å². The van der Waals surface area contributed by atoms with Crippen LogP contribution in [-0.2, 0) is 6.42 Å². The van der Waals surface area contributed by atoms with Crippen LogP contribution < -0.4 is 5.73 Å². The van der Waals surface area contributed by atoms with E-state index >= 15 is 0 Å². The molecule has 2 unspecified atom stereocenters. The minimum absolute atomic E-state index is 0.0738. The molecule has 0 amide bonds. The monoisotopic (exact) mass is 279 g/mol. The summed E-state index contributed by atoms with van der Waals surface area (Å²) >= 11 is 0. The molecule has 1 aromatic rings. The van der Waals surface area contributed by atoms with E-state index in [9.17, 15) is 4.39 Å². The highest BCUT2D eigenvalue weighted by atomic mass is 19.1. The fourth-order valence-corrected chi connectivity index (χ4v) is 3.05. The normalized spacial score (nSPS) is 23.6. The molecule has 1 fully saturated rings. The Kier molecular flexibility index (Phi) is 5.13. The van der Waals surface area contributed by atoms with Gasteiger partial charge in [0.15, 0.2) is 0 Å². The number of halogens is 1. The van der Waals surface area contributed by atoms with Crippen molar-refractivity contribution in [3.05, 3.63) is 35.1 Å². The third-order valence-corrected chi connectivity index (χ3v) is 4.37. The molecule has 1 aliphatic heterocycles. The van der Waals surface area contributed by atoms with Gasteiger partial charge in [0.2, 0.25) is 0 Å². The zero-order chi connectivity index (χ0) is 14.7. The molecule has 2 atom stereocenters. The maximum Gasteiger partial charge on any atom is 0.123 e. The van der Waals surface area contributed by atoms with Crippen molar-refractivity contribution >= 4 is 0 Å². The molecule has 0 aromatic heterocycles. The predicted octanol–water partition coefficient (Wildman–Crippen LogP) is 1.64. The van der Waals surface area contributed by atoms with Gasteiger partial charge < -0.3 is 15.5 Å². The van der Waals surface area contributed by atoms with Crippen molar-refractivity contribution in [1.82, 2.24) is 9.80 Å².